The molecule has 2 N–H and O–H groups in total. The number of pyridine rings is 1. The van der Waals surface area contributed by atoms with Gasteiger partial charge in [0.1, 0.15) is 0 Å². The lowest BCUT2D eigenvalue weighted by molar-refractivity contribution is 0.277. The van der Waals surface area contributed by atoms with Crippen molar-refractivity contribution in [3.05, 3.63) is 66.5 Å². The molecule has 2 heterocycles. The predicted octanol–water partition coefficient (Wildman–Crippen LogP) is 3.88. The zero-order chi connectivity index (χ0) is 14.2. The van der Waals surface area contributed by atoms with Crippen molar-refractivity contribution in [2.75, 3.05) is 0 Å². The highest BCUT2D eigenvalue weighted by molar-refractivity contribution is 6.14. The first-order valence-corrected chi connectivity index (χ1v) is 6.92. The monoisotopic (exact) mass is 274 g/mol. The Hall–Kier alpha value is -2.65. The second-order valence-corrected chi connectivity index (χ2v) is 5.10. The molecule has 2 aromatic carbocycles. The van der Waals surface area contributed by atoms with E-state index >= 15 is 0 Å². The van der Waals surface area contributed by atoms with Crippen LogP contribution in [-0.2, 0) is 6.61 Å². The van der Waals surface area contributed by atoms with Crippen LogP contribution in [0, 0.1) is 0 Å². The lowest BCUT2D eigenvalue weighted by Crippen LogP contribution is -1.89. The summed E-state index contributed by atoms with van der Waals surface area (Å²) in [7, 11) is 0. The van der Waals surface area contributed by atoms with Crippen LogP contribution in [-0.4, -0.2) is 15.1 Å². The van der Waals surface area contributed by atoms with E-state index in [-0.39, 0.29) is 6.61 Å². The Bertz CT molecular complexity index is 923. The number of nitrogens with one attached hydrogen (secondary N) is 1. The van der Waals surface area contributed by atoms with Gasteiger partial charge in [0.05, 0.1) is 12.3 Å². The molecule has 0 saturated carbocycles. The van der Waals surface area contributed by atoms with Crippen molar-refractivity contribution in [3.8, 4) is 11.1 Å². The summed E-state index contributed by atoms with van der Waals surface area (Å²) >= 11 is 0. The smallest absolute Gasteiger partial charge is 0.0852 e. The highest BCUT2D eigenvalue weighted by atomic mass is 16.3. The van der Waals surface area contributed by atoms with E-state index in [1.807, 2.05) is 30.5 Å². The van der Waals surface area contributed by atoms with Crippen LogP contribution in [0.2, 0.25) is 0 Å². The fourth-order valence-corrected chi connectivity index (χ4v) is 2.82. The molecule has 0 aliphatic heterocycles. The largest absolute Gasteiger partial charge is 0.390 e. The molecular weight excluding hydrogens is 260 g/mol. The van der Waals surface area contributed by atoms with Crippen LogP contribution in [0.25, 0.3) is 32.9 Å². The molecule has 21 heavy (non-hydrogen) atoms. The van der Waals surface area contributed by atoms with E-state index in [1.165, 1.54) is 10.8 Å². The van der Waals surface area contributed by atoms with Crippen molar-refractivity contribution < 1.29 is 5.11 Å². The first-order chi connectivity index (χ1) is 10.4. The molecule has 0 saturated heterocycles. The summed E-state index contributed by atoms with van der Waals surface area (Å²) in [4.78, 5) is 7.73. The van der Waals surface area contributed by atoms with Gasteiger partial charge < -0.3 is 10.1 Å². The van der Waals surface area contributed by atoms with E-state index in [2.05, 4.69) is 40.3 Å². The summed E-state index contributed by atoms with van der Waals surface area (Å²) in [6.45, 7) is -0.0302. The van der Waals surface area contributed by atoms with E-state index in [0.717, 1.165) is 22.2 Å². The third-order valence-electron chi connectivity index (χ3n) is 3.83. The van der Waals surface area contributed by atoms with Crippen molar-refractivity contribution in [1.82, 2.24) is 9.97 Å². The Morgan fingerprint density at radius 3 is 2.57 bits per heavy atom. The molecule has 0 atom stereocenters. The summed E-state index contributed by atoms with van der Waals surface area (Å²) in [5, 5.41) is 11.5. The molecule has 0 fully saturated rings. The van der Waals surface area contributed by atoms with Crippen LogP contribution in [0.5, 0.6) is 0 Å². The summed E-state index contributed by atoms with van der Waals surface area (Å²) in [6.07, 6.45) is 1.82. The third-order valence-corrected chi connectivity index (χ3v) is 3.83. The summed E-state index contributed by atoms with van der Waals surface area (Å²) in [5.41, 5.74) is 5.16. The lowest BCUT2D eigenvalue weighted by Gasteiger charge is -2.05. The number of rotatable bonds is 2. The standard InChI is InChI=1S/C18H14N2O/c21-11-13-9-8-12(10-19-13)14-5-3-7-17-18(14)15-4-1-2-6-16(15)20-17/h1-10,20-21H,11H2. The van der Waals surface area contributed by atoms with Crippen LogP contribution in [0.4, 0.5) is 0 Å². The first-order valence-electron chi connectivity index (χ1n) is 6.92. The highest BCUT2D eigenvalue weighted by Gasteiger charge is 2.09. The Morgan fingerprint density at radius 1 is 0.905 bits per heavy atom. The SMILES string of the molecule is OCc1ccc(-c2cccc3[nH]c4ccccc4c23)cn1. The number of H-pyrrole nitrogens is 1. The van der Waals surface area contributed by atoms with Gasteiger partial charge in [-0.2, -0.15) is 0 Å². The van der Waals surface area contributed by atoms with Crippen molar-refractivity contribution in [2.24, 2.45) is 0 Å². The number of aromatic nitrogens is 2. The number of para-hydroxylation sites is 1. The number of hydrogen-bond acceptors (Lipinski definition) is 2. The molecule has 0 aliphatic carbocycles. The van der Waals surface area contributed by atoms with Gasteiger partial charge >= 0.3 is 0 Å². The summed E-state index contributed by atoms with van der Waals surface area (Å²) in [6, 6.07) is 18.4. The maximum absolute atomic E-state index is 9.11. The minimum atomic E-state index is -0.0302. The topological polar surface area (TPSA) is 48.9 Å². The van der Waals surface area contributed by atoms with Gasteiger partial charge in [0, 0.05) is 33.6 Å². The fraction of sp³-hybridized carbons (Fsp3) is 0.0556. The van der Waals surface area contributed by atoms with Gasteiger partial charge in [-0.1, -0.05) is 36.4 Å². The Labute approximate surface area is 121 Å². The second-order valence-electron chi connectivity index (χ2n) is 5.10. The second kappa shape index (κ2) is 4.72. The van der Waals surface area contributed by atoms with E-state index in [4.69, 9.17) is 5.11 Å². The van der Waals surface area contributed by atoms with Crippen molar-refractivity contribution >= 4 is 21.8 Å². The van der Waals surface area contributed by atoms with Crippen LogP contribution < -0.4 is 0 Å². The van der Waals surface area contributed by atoms with Crippen LogP contribution in [0.1, 0.15) is 5.69 Å². The third kappa shape index (κ3) is 1.90. The molecule has 0 unspecified atom stereocenters. The highest BCUT2D eigenvalue weighted by Crippen LogP contribution is 2.34. The zero-order valence-electron chi connectivity index (χ0n) is 11.4. The molecule has 0 bridgehead atoms. The number of aliphatic hydroxyl groups is 1. The molecule has 3 heteroatoms. The fourth-order valence-electron chi connectivity index (χ4n) is 2.82. The number of aliphatic hydroxyl groups excluding tert-OH is 1. The Balaban J connectivity index is 2.03. The van der Waals surface area contributed by atoms with E-state index in [9.17, 15) is 0 Å². The number of benzene rings is 2. The van der Waals surface area contributed by atoms with E-state index < -0.39 is 0 Å². The first kappa shape index (κ1) is 12.1. The molecule has 2 aromatic heterocycles. The molecule has 4 aromatic rings. The van der Waals surface area contributed by atoms with Crippen LogP contribution in [0.3, 0.4) is 0 Å². The molecule has 102 valence electrons. The summed E-state index contributed by atoms with van der Waals surface area (Å²) < 4.78 is 0. The minimum Gasteiger partial charge on any atom is -0.390 e. The van der Waals surface area contributed by atoms with Gasteiger partial charge in [0.15, 0.2) is 0 Å². The maximum atomic E-state index is 9.11. The average Bonchev–Trinajstić information content (AvgIpc) is 2.93. The number of fused-ring (bicyclic) bond motifs is 3. The quantitative estimate of drug-likeness (QED) is 0.583. The maximum Gasteiger partial charge on any atom is 0.0852 e. The van der Waals surface area contributed by atoms with Crippen molar-refractivity contribution in [2.45, 2.75) is 6.61 Å². The molecule has 0 spiro atoms. The number of aromatic amines is 1. The average molecular weight is 274 g/mol. The van der Waals surface area contributed by atoms with Crippen molar-refractivity contribution in [3.63, 3.8) is 0 Å². The van der Waals surface area contributed by atoms with Gasteiger partial charge in [-0.3, -0.25) is 4.98 Å². The van der Waals surface area contributed by atoms with Gasteiger partial charge in [-0.05, 0) is 23.8 Å². The summed E-state index contributed by atoms with van der Waals surface area (Å²) in [5.74, 6) is 0. The number of hydrogen-bond donors (Lipinski definition) is 2. The van der Waals surface area contributed by atoms with Gasteiger partial charge in [0.25, 0.3) is 0 Å². The molecule has 0 radical (unpaired) electrons. The minimum absolute atomic E-state index is 0.0302. The number of nitrogens with zero attached hydrogens (tertiary/aromatic N) is 1. The predicted molar refractivity (Wildman–Crippen MR) is 85.0 cm³/mol. The Morgan fingerprint density at radius 2 is 1.76 bits per heavy atom. The van der Waals surface area contributed by atoms with Gasteiger partial charge in [0.2, 0.25) is 0 Å². The van der Waals surface area contributed by atoms with E-state index in [1.54, 1.807) is 0 Å². The lowest BCUT2D eigenvalue weighted by atomic mass is 10.0. The van der Waals surface area contributed by atoms with Gasteiger partial charge in [-0.25, -0.2) is 0 Å². The zero-order valence-corrected chi connectivity index (χ0v) is 11.4. The molecule has 4 rings (SSSR count). The van der Waals surface area contributed by atoms with Gasteiger partial charge in [-0.15, -0.1) is 0 Å². The molecule has 0 amide bonds. The molecule has 0 aliphatic rings. The normalized spacial score (nSPS) is 11.3. The van der Waals surface area contributed by atoms with E-state index in [0.29, 0.717) is 5.69 Å². The Kier molecular flexibility index (Phi) is 2.72. The van der Waals surface area contributed by atoms with Crippen LogP contribution in [0.15, 0.2) is 60.8 Å². The molecular formula is C18H14N2O. The van der Waals surface area contributed by atoms with Crippen molar-refractivity contribution in [1.29, 1.82) is 0 Å². The van der Waals surface area contributed by atoms with Crippen LogP contribution >= 0.6 is 0 Å². The molecule has 3 nitrogen and oxygen atoms in total.